The molecule has 0 N–H and O–H groups in total. The summed E-state index contributed by atoms with van der Waals surface area (Å²) in [6.07, 6.45) is 0. The molecule has 0 aliphatic carbocycles. The summed E-state index contributed by atoms with van der Waals surface area (Å²) in [5, 5.41) is 0. The van der Waals surface area contributed by atoms with Crippen LogP contribution >= 0.6 is 6.78 Å². The van der Waals surface area contributed by atoms with E-state index in [-0.39, 0.29) is 0 Å². The van der Waals surface area contributed by atoms with Crippen molar-refractivity contribution in [3.05, 3.63) is 0 Å². The summed E-state index contributed by atoms with van der Waals surface area (Å²) in [6, 6.07) is 0. The molecule has 0 aromatic rings. The Labute approximate surface area is 35.0 Å². The first-order chi connectivity index (χ1) is 2.00. The second-order valence-corrected chi connectivity index (χ2v) is 2.29. The van der Waals surface area contributed by atoms with Crippen LogP contribution in [0.4, 0.5) is 0 Å². The molecular weight excluding hydrogens is 79.4 g/mol. The van der Waals surface area contributed by atoms with E-state index in [4.69, 9.17) is 0 Å². The van der Waals surface area contributed by atoms with Crippen LogP contribution in [0.15, 0.2) is 0 Å². The number of hydrogen-bond donors (Lipinski definition) is 0. The summed E-state index contributed by atoms with van der Waals surface area (Å²) in [7, 11) is 13.4. The van der Waals surface area contributed by atoms with Crippen molar-refractivity contribution >= 4 is 29.5 Å². The quantitative estimate of drug-likeness (QED) is 0.285. The third-order valence-electron chi connectivity index (χ3n) is 0. The van der Waals surface area contributed by atoms with E-state index >= 15 is 0 Å². The van der Waals surface area contributed by atoms with Crippen molar-refractivity contribution in [2.24, 2.45) is 0 Å². The van der Waals surface area contributed by atoms with Gasteiger partial charge in [-0.2, -0.15) is 0 Å². The fourth-order valence-electron chi connectivity index (χ4n) is 0. The van der Waals surface area contributed by atoms with Crippen LogP contribution < -0.4 is 0 Å². The van der Waals surface area contributed by atoms with Gasteiger partial charge >= 0.3 is 0 Å². The molecule has 6 radical (unpaired) electrons. The lowest BCUT2D eigenvalue weighted by atomic mass is 10.7. The van der Waals surface area contributed by atoms with E-state index < -0.39 is 6.78 Å². The normalized spacial score (nSPS) is 11.2. The molecule has 5 heteroatoms. The molecule has 0 bridgehead atoms. The van der Waals surface area contributed by atoms with Gasteiger partial charge in [0.05, 0.1) is 0 Å². The highest BCUT2D eigenvalue weighted by Crippen LogP contribution is 2.23. The van der Waals surface area contributed by atoms with Crippen molar-refractivity contribution < 1.29 is 4.57 Å². The van der Waals surface area contributed by atoms with Crippen molar-refractivity contribution in [1.29, 1.82) is 0 Å². The van der Waals surface area contributed by atoms with Gasteiger partial charge in [0.15, 0.2) is 0 Å². The van der Waals surface area contributed by atoms with Crippen molar-refractivity contribution in [3.8, 4) is 0 Å². The summed E-state index contributed by atoms with van der Waals surface area (Å²) in [5.74, 6) is 0. The van der Waals surface area contributed by atoms with Crippen LogP contribution in [0.5, 0.6) is 0 Å². The maximum absolute atomic E-state index is 9.55. The number of rotatable bonds is 0. The predicted molar refractivity (Wildman–Crippen MR) is 24.9 cm³/mol. The Morgan fingerprint density at radius 1 is 1.20 bits per heavy atom. The fraction of sp³-hybridized carbons (Fsp3) is 0. The van der Waals surface area contributed by atoms with Gasteiger partial charge in [-0.3, -0.25) is 0 Å². The van der Waals surface area contributed by atoms with Crippen LogP contribution in [0.2, 0.25) is 0 Å². The molecular formula is B3OP. The average molecular weight is 79.4 g/mol. The molecule has 0 amide bonds. The van der Waals surface area contributed by atoms with E-state index in [1.165, 1.54) is 0 Å². The van der Waals surface area contributed by atoms with Gasteiger partial charge in [0.2, 0.25) is 0 Å². The van der Waals surface area contributed by atoms with Gasteiger partial charge in [-0.05, 0) is 6.78 Å². The molecule has 5 heavy (non-hydrogen) atoms. The van der Waals surface area contributed by atoms with E-state index in [2.05, 4.69) is 22.7 Å². The van der Waals surface area contributed by atoms with Gasteiger partial charge in [-0.25, -0.2) is 0 Å². The molecule has 0 fully saturated rings. The lowest BCUT2D eigenvalue weighted by molar-refractivity contribution is 0.600. The van der Waals surface area contributed by atoms with Gasteiger partial charge in [-0.1, -0.05) is 0 Å². The minimum Gasteiger partial charge on any atom is -0.357 e. The van der Waals surface area contributed by atoms with E-state index in [1.807, 2.05) is 0 Å². The standard InChI is InChI=1S/B3OP/c1-5(2,3)4. The SMILES string of the molecule is [B]P([B])([B])=O. The summed E-state index contributed by atoms with van der Waals surface area (Å²) < 4.78 is 9.55. The summed E-state index contributed by atoms with van der Waals surface area (Å²) in [6.45, 7) is -3.14. The Morgan fingerprint density at radius 2 is 1.20 bits per heavy atom. The molecule has 0 aromatic carbocycles. The largest absolute Gasteiger partial charge is 0.357 e. The van der Waals surface area contributed by atoms with Crippen molar-refractivity contribution in [1.82, 2.24) is 0 Å². The highest BCUT2D eigenvalue weighted by molar-refractivity contribution is 8.21. The molecule has 0 saturated heterocycles. The highest BCUT2D eigenvalue weighted by atomic mass is 31.2. The fourth-order valence-corrected chi connectivity index (χ4v) is 0. The van der Waals surface area contributed by atoms with Crippen LogP contribution in [-0.4, -0.2) is 22.7 Å². The monoisotopic (exact) mass is 80.0 g/mol. The Morgan fingerprint density at radius 3 is 1.20 bits per heavy atom. The Balaban J connectivity index is 3.47. The smallest absolute Gasteiger partial charge is 0.135 e. The maximum atomic E-state index is 9.55. The molecule has 0 aromatic heterocycles. The minimum absolute atomic E-state index is 3.14. The van der Waals surface area contributed by atoms with E-state index in [0.717, 1.165) is 0 Å². The first-order valence-corrected chi connectivity index (χ1v) is 2.87. The van der Waals surface area contributed by atoms with Gasteiger partial charge < -0.3 is 4.57 Å². The zero-order valence-electron chi connectivity index (χ0n) is 2.59. The third-order valence-corrected chi connectivity index (χ3v) is 0. The third kappa shape index (κ3) is 144. The lowest BCUT2D eigenvalue weighted by Gasteiger charge is -1.87. The van der Waals surface area contributed by atoms with E-state index in [9.17, 15) is 4.57 Å². The molecule has 0 aliphatic heterocycles. The molecule has 20 valence electrons. The first kappa shape index (κ1) is 5.42. The second-order valence-electron chi connectivity index (χ2n) is 0.763. The Bertz CT molecular complexity index is 53.0. The van der Waals surface area contributed by atoms with Crippen molar-refractivity contribution in [2.45, 2.75) is 0 Å². The molecule has 0 aliphatic rings. The molecule has 0 rings (SSSR count). The van der Waals surface area contributed by atoms with Gasteiger partial charge in [-0.15, -0.1) is 0 Å². The summed E-state index contributed by atoms with van der Waals surface area (Å²) in [4.78, 5) is 0. The zero-order chi connectivity index (χ0) is 4.50. The second kappa shape index (κ2) is 1.26. The molecule has 0 spiro atoms. The van der Waals surface area contributed by atoms with Crippen LogP contribution in [-0.2, 0) is 4.57 Å². The molecule has 0 saturated carbocycles. The average Bonchev–Trinajstić information content (AvgIpc) is 0.722. The minimum atomic E-state index is -3.14. The summed E-state index contributed by atoms with van der Waals surface area (Å²) in [5.41, 5.74) is 0. The Kier molecular flexibility index (Phi) is 1.36. The molecule has 0 unspecified atom stereocenters. The van der Waals surface area contributed by atoms with Crippen molar-refractivity contribution in [3.63, 3.8) is 0 Å². The van der Waals surface area contributed by atoms with E-state index in [1.54, 1.807) is 0 Å². The maximum Gasteiger partial charge on any atom is 0.135 e. The van der Waals surface area contributed by atoms with Crippen LogP contribution in [0.3, 0.4) is 0 Å². The molecule has 0 atom stereocenters. The molecule has 0 heterocycles. The zero-order valence-corrected chi connectivity index (χ0v) is 3.48. The Hall–Kier alpha value is 0.425. The number of hydrogen-bond acceptors (Lipinski definition) is 1. The summed E-state index contributed by atoms with van der Waals surface area (Å²) >= 11 is 0. The van der Waals surface area contributed by atoms with Gasteiger partial charge in [0, 0.05) is 0 Å². The van der Waals surface area contributed by atoms with Crippen LogP contribution in [0.1, 0.15) is 0 Å². The first-order valence-electron chi connectivity index (χ1n) is 0.957. The van der Waals surface area contributed by atoms with E-state index in [0.29, 0.717) is 0 Å². The lowest BCUT2D eigenvalue weighted by Crippen LogP contribution is -1.71. The molecule has 1 nitrogen and oxygen atoms in total. The predicted octanol–water partition coefficient (Wildman–Crippen LogP) is -0.400. The van der Waals surface area contributed by atoms with Gasteiger partial charge in [0.1, 0.15) is 22.7 Å². The van der Waals surface area contributed by atoms with Crippen LogP contribution in [0, 0.1) is 0 Å². The van der Waals surface area contributed by atoms with Gasteiger partial charge in [0.25, 0.3) is 0 Å². The highest BCUT2D eigenvalue weighted by Gasteiger charge is 1.89. The topological polar surface area (TPSA) is 17.1 Å². The van der Waals surface area contributed by atoms with Crippen LogP contribution in [0.25, 0.3) is 0 Å². The van der Waals surface area contributed by atoms with Crippen molar-refractivity contribution in [2.75, 3.05) is 0 Å².